The molecule has 5 heteroatoms. The van der Waals surface area contributed by atoms with Crippen molar-refractivity contribution in [3.63, 3.8) is 0 Å². The Kier molecular flexibility index (Phi) is 6.12. The number of carbonyl (C=O) groups excluding carboxylic acids is 1. The lowest BCUT2D eigenvalue weighted by atomic mass is 9.96. The number of hydrogen-bond acceptors (Lipinski definition) is 5. The Hall–Kier alpha value is -2.53. The number of piperidine rings is 1. The third kappa shape index (κ3) is 4.76. The van der Waals surface area contributed by atoms with Gasteiger partial charge in [-0.05, 0) is 49.7 Å². The van der Waals surface area contributed by atoms with E-state index in [9.17, 15) is 4.79 Å². The van der Waals surface area contributed by atoms with Crippen LogP contribution in [0, 0.1) is 5.92 Å². The van der Waals surface area contributed by atoms with Gasteiger partial charge in [0.2, 0.25) is 0 Å². The molecule has 0 bridgehead atoms. The van der Waals surface area contributed by atoms with Gasteiger partial charge >= 0.3 is 5.97 Å². The number of hydrogen-bond donors (Lipinski definition) is 1. The van der Waals surface area contributed by atoms with E-state index in [4.69, 9.17) is 15.2 Å². The summed E-state index contributed by atoms with van der Waals surface area (Å²) in [6.45, 7) is 3.03. The normalized spacial score (nSPS) is 15.6. The zero-order valence-electron chi connectivity index (χ0n) is 15.2. The molecule has 2 aromatic carbocycles. The molecule has 0 amide bonds. The first-order valence-corrected chi connectivity index (χ1v) is 9.01. The molecule has 0 saturated carbocycles. The molecule has 2 N–H and O–H groups in total. The highest BCUT2D eigenvalue weighted by Crippen LogP contribution is 2.26. The van der Waals surface area contributed by atoms with Crippen LogP contribution in [-0.4, -0.2) is 31.1 Å². The molecule has 1 saturated heterocycles. The highest BCUT2D eigenvalue weighted by Gasteiger charge is 2.26. The zero-order valence-corrected chi connectivity index (χ0v) is 15.2. The summed E-state index contributed by atoms with van der Waals surface area (Å²) in [7, 11) is 1.46. The second-order valence-corrected chi connectivity index (χ2v) is 6.72. The monoisotopic (exact) mass is 354 g/mol. The minimum atomic E-state index is -0.0968. The average molecular weight is 354 g/mol. The fraction of sp³-hybridized carbons (Fsp3) is 0.381. The van der Waals surface area contributed by atoms with Gasteiger partial charge in [0, 0.05) is 17.8 Å². The molecule has 3 rings (SSSR count). The lowest BCUT2D eigenvalue weighted by molar-refractivity contribution is -0.147. The number of nitrogens with two attached hydrogens (primary N) is 1. The molecule has 0 aliphatic carbocycles. The Morgan fingerprint density at radius 1 is 1.15 bits per heavy atom. The minimum absolute atomic E-state index is 0.0193. The quantitative estimate of drug-likeness (QED) is 0.637. The molecule has 0 spiro atoms. The van der Waals surface area contributed by atoms with Gasteiger partial charge in [-0.1, -0.05) is 30.3 Å². The lowest BCUT2D eigenvalue weighted by Crippen LogP contribution is -2.36. The average Bonchev–Trinajstić information content (AvgIpc) is 2.68. The Morgan fingerprint density at radius 2 is 1.88 bits per heavy atom. The molecule has 0 aromatic heterocycles. The number of anilines is 1. The van der Waals surface area contributed by atoms with Gasteiger partial charge in [0.1, 0.15) is 12.4 Å². The number of nitrogens with zero attached hydrogens (tertiary/aromatic N) is 1. The predicted octanol–water partition coefficient (Wildman–Crippen LogP) is 3.23. The van der Waals surface area contributed by atoms with Crippen molar-refractivity contribution in [2.45, 2.75) is 26.0 Å². The third-order valence-corrected chi connectivity index (χ3v) is 4.84. The summed E-state index contributed by atoms with van der Waals surface area (Å²) >= 11 is 0. The summed E-state index contributed by atoms with van der Waals surface area (Å²) in [5, 5.41) is 0. The van der Waals surface area contributed by atoms with Gasteiger partial charge < -0.3 is 15.2 Å². The van der Waals surface area contributed by atoms with Crippen molar-refractivity contribution in [1.82, 2.24) is 4.90 Å². The van der Waals surface area contributed by atoms with Crippen molar-refractivity contribution in [1.29, 1.82) is 0 Å². The molecule has 1 aliphatic rings. The fourth-order valence-corrected chi connectivity index (χ4v) is 3.33. The highest BCUT2D eigenvalue weighted by atomic mass is 16.5. The van der Waals surface area contributed by atoms with E-state index in [-0.39, 0.29) is 11.9 Å². The van der Waals surface area contributed by atoms with Crippen LogP contribution in [0.25, 0.3) is 0 Å². The summed E-state index contributed by atoms with van der Waals surface area (Å²) in [5.74, 6) is 0.782. The summed E-state index contributed by atoms with van der Waals surface area (Å²) in [6.07, 6.45) is 1.66. The standard InChI is InChI=1S/C21H26N2O3/c1-25-21(24)17-9-11-23(12-10-17)14-18-13-19(22)7-8-20(18)26-15-16-5-3-2-4-6-16/h2-8,13,17H,9-12,14-15,22H2,1H3. The van der Waals surface area contributed by atoms with E-state index in [2.05, 4.69) is 17.0 Å². The van der Waals surface area contributed by atoms with Crippen molar-refractivity contribution in [2.75, 3.05) is 25.9 Å². The lowest BCUT2D eigenvalue weighted by Gasteiger charge is -2.31. The first-order chi connectivity index (χ1) is 12.7. The van der Waals surface area contributed by atoms with Gasteiger partial charge in [0.05, 0.1) is 13.0 Å². The molecule has 0 atom stereocenters. The maximum Gasteiger partial charge on any atom is 0.308 e. The largest absolute Gasteiger partial charge is 0.489 e. The maximum atomic E-state index is 11.7. The zero-order chi connectivity index (χ0) is 18.4. The molecule has 26 heavy (non-hydrogen) atoms. The molecule has 5 nitrogen and oxygen atoms in total. The molecule has 1 aliphatic heterocycles. The SMILES string of the molecule is COC(=O)C1CCN(Cc2cc(N)ccc2OCc2ccccc2)CC1. The van der Waals surface area contributed by atoms with Crippen LogP contribution in [0.5, 0.6) is 5.75 Å². The molecule has 0 radical (unpaired) electrons. The third-order valence-electron chi connectivity index (χ3n) is 4.84. The molecular formula is C21H26N2O3. The van der Waals surface area contributed by atoms with E-state index in [1.807, 2.05) is 36.4 Å². The van der Waals surface area contributed by atoms with Crippen LogP contribution >= 0.6 is 0 Å². The van der Waals surface area contributed by atoms with Crippen LogP contribution in [0.4, 0.5) is 5.69 Å². The minimum Gasteiger partial charge on any atom is -0.489 e. The highest BCUT2D eigenvalue weighted by molar-refractivity contribution is 5.72. The van der Waals surface area contributed by atoms with Crippen molar-refractivity contribution in [2.24, 2.45) is 5.92 Å². The molecule has 1 fully saturated rings. The Labute approximate surface area is 154 Å². The topological polar surface area (TPSA) is 64.8 Å². The van der Waals surface area contributed by atoms with E-state index in [0.29, 0.717) is 6.61 Å². The number of ether oxygens (including phenoxy) is 2. The molecule has 0 unspecified atom stereocenters. The second-order valence-electron chi connectivity index (χ2n) is 6.72. The first-order valence-electron chi connectivity index (χ1n) is 9.01. The van der Waals surface area contributed by atoms with Crippen LogP contribution < -0.4 is 10.5 Å². The van der Waals surface area contributed by atoms with E-state index in [1.54, 1.807) is 0 Å². The summed E-state index contributed by atoms with van der Waals surface area (Å²) in [6, 6.07) is 15.9. The number of esters is 1. The Balaban J connectivity index is 1.62. The Bertz CT molecular complexity index is 725. The number of rotatable bonds is 6. The molecule has 2 aromatic rings. The molecule has 138 valence electrons. The van der Waals surface area contributed by atoms with Gasteiger partial charge in [-0.3, -0.25) is 9.69 Å². The van der Waals surface area contributed by atoms with Gasteiger partial charge in [-0.2, -0.15) is 0 Å². The van der Waals surface area contributed by atoms with Crippen LogP contribution in [0.15, 0.2) is 48.5 Å². The van der Waals surface area contributed by atoms with E-state index in [0.717, 1.165) is 55.0 Å². The van der Waals surface area contributed by atoms with E-state index < -0.39 is 0 Å². The van der Waals surface area contributed by atoms with Gasteiger partial charge in [0.15, 0.2) is 0 Å². The Morgan fingerprint density at radius 3 is 2.58 bits per heavy atom. The van der Waals surface area contributed by atoms with Crippen LogP contribution in [0.3, 0.4) is 0 Å². The number of benzene rings is 2. The number of methoxy groups -OCH3 is 1. The number of carbonyl (C=O) groups is 1. The summed E-state index contributed by atoms with van der Waals surface area (Å²) < 4.78 is 10.9. The number of likely N-dealkylation sites (tertiary alicyclic amines) is 1. The van der Waals surface area contributed by atoms with Crippen molar-refractivity contribution < 1.29 is 14.3 Å². The molecular weight excluding hydrogens is 328 g/mol. The number of nitrogen functional groups attached to an aromatic ring is 1. The smallest absolute Gasteiger partial charge is 0.308 e. The van der Waals surface area contributed by atoms with Gasteiger partial charge in [0.25, 0.3) is 0 Å². The van der Waals surface area contributed by atoms with E-state index in [1.165, 1.54) is 7.11 Å². The summed E-state index contributed by atoms with van der Waals surface area (Å²) in [5.41, 5.74) is 8.93. The van der Waals surface area contributed by atoms with Crippen molar-refractivity contribution in [3.8, 4) is 5.75 Å². The first kappa shape index (κ1) is 18.3. The van der Waals surface area contributed by atoms with E-state index >= 15 is 0 Å². The van der Waals surface area contributed by atoms with Crippen molar-refractivity contribution >= 4 is 11.7 Å². The maximum absolute atomic E-state index is 11.7. The second kappa shape index (κ2) is 8.72. The van der Waals surface area contributed by atoms with Crippen LogP contribution in [0.1, 0.15) is 24.0 Å². The summed E-state index contributed by atoms with van der Waals surface area (Å²) in [4.78, 5) is 14.0. The van der Waals surface area contributed by atoms with Crippen LogP contribution in [-0.2, 0) is 22.7 Å². The van der Waals surface area contributed by atoms with Crippen molar-refractivity contribution in [3.05, 3.63) is 59.7 Å². The van der Waals surface area contributed by atoms with Gasteiger partial charge in [-0.25, -0.2) is 0 Å². The fourth-order valence-electron chi connectivity index (χ4n) is 3.33. The van der Waals surface area contributed by atoms with Gasteiger partial charge in [-0.15, -0.1) is 0 Å². The van der Waals surface area contributed by atoms with Crippen LogP contribution in [0.2, 0.25) is 0 Å². The molecule has 1 heterocycles. The predicted molar refractivity (Wildman–Crippen MR) is 102 cm³/mol.